The normalized spacial score (nSPS) is 19.5. The number of benzene rings is 2. The van der Waals surface area contributed by atoms with Gasteiger partial charge in [-0.2, -0.15) is 0 Å². The van der Waals surface area contributed by atoms with Crippen LogP contribution in [0.15, 0.2) is 60.7 Å². The van der Waals surface area contributed by atoms with Crippen LogP contribution in [0.25, 0.3) is 0 Å². The quantitative estimate of drug-likeness (QED) is 0.610. The second-order valence-corrected chi connectivity index (χ2v) is 15.7. The van der Waals surface area contributed by atoms with Gasteiger partial charge in [0.25, 0.3) is 8.32 Å². The average Bonchev–Trinajstić information content (AvgIpc) is 2.78. The van der Waals surface area contributed by atoms with Crippen molar-refractivity contribution in [1.29, 1.82) is 0 Å². The number of nitrogens with two attached hydrogens (primary N) is 1. The van der Waals surface area contributed by atoms with Gasteiger partial charge < -0.3 is 14.9 Å². The standard InChI is InChI=1S/C28H40N2O4Si/c1-27(2,3)34-26(32)30-22(17-21(19-29)18-25(30)31)20-33-35(28(4,5)6,23-13-9-7-10-14-23)24-15-11-8-12-16-24/h7-16,21-22H,17-20,29H2,1-6H3/t21-,22+/m1/s1. The molecule has 7 heteroatoms. The molecule has 190 valence electrons. The Hall–Kier alpha value is -2.48. The van der Waals surface area contributed by atoms with E-state index in [0.717, 1.165) is 10.4 Å². The highest BCUT2D eigenvalue weighted by atomic mass is 28.4. The zero-order valence-corrected chi connectivity index (χ0v) is 22.9. The molecule has 2 N–H and O–H groups in total. The second-order valence-electron chi connectivity index (χ2n) is 11.4. The Balaban J connectivity index is 2.03. The molecule has 2 atom stereocenters. The molecule has 1 aliphatic heterocycles. The predicted molar refractivity (Wildman–Crippen MR) is 142 cm³/mol. The van der Waals surface area contributed by atoms with Gasteiger partial charge in [-0.05, 0) is 55.1 Å². The molecule has 1 heterocycles. The van der Waals surface area contributed by atoms with E-state index in [1.54, 1.807) is 20.8 Å². The SMILES string of the molecule is CC(C)(C)OC(=O)N1C(=O)C[C@H](CN)C[C@H]1CO[Si](c1ccccc1)(c1ccccc1)C(C)(C)C. The summed E-state index contributed by atoms with van der Waals surface area (Å²) in [5.41, 5.74) is 5.26. The van der Waals surface area contributed by atoms with Gasteiger partial charge in [0.2, 0.25) is 5.91 Å². The number of amides is 2. The molecule has 2 aromatic rings. The van der Waals surface area contributed by atoms with Crippen LogP contribution >= 0.6 is 0 Å². The summed E-state index contributed by atoms with van der Waals surface area (Å²) in [6.45, 7) is 12.7. The first-order chi connectivity index (χ1) is 16.4. The number of hydrogen-bond donors (Lipinski definition) is 1. The molecule has 0 aromatic heterocycles. The molecule has 1 saturated heterocycles. The van der Waals surface area contributed by atoms with Crippen molar-refractivity contribution in [3.05, 3.63) is 60.7 Å². The lowest BCUT2D eigenvalue weighted by Crippen LogP contribution is -2.68. The number of likely N-dealkylation sites (tertiary alicyclic amines) is 1. The summed E-state index contributed by atoms with van der Waals surface area (Å²) in [5.74, 6) is -0.245. The van der Waals surface area contributed by atoms with Crippen molar-refractivity contribution in [2.75, 3.05) is 13.2 Å². The van der Waals surface area contributed by atoms with Gasteiger partial charge in [0.1, 0.15) is 5.60 Å². The van der Waals surface area contributed by atoms with Gasteiger partial charge in [0.05, 0.1) is 12.6 Å². The Morgan fingerprint density at radius 1 is 0.971 bits per heavy atom. The Morgan fingerprint density at radius 2 is 1.49 bits per heavy atom. The number of carbonyl (C=O) groups excluding carboxylic acids is 2. The molecular weight excluding hydrogens is 456 g/mol. The van der Waals surface area contributed by atoms with Crippen LogP contribution in [0.3, 0.4) is 0 Å². The first-order valence-electron chi connectivity index (χ1n) is 12.4. The van der Waals surface area contributed by atoms with E-state index in [1.165, 1.54) is 4.90 Å². The van der Waals surface area contributed by atoms with E-state index in [9.17, 15) is 9.59 Å². The van der Waals surface area contributed by atoms with Gasteiger partial charge in [0, 0.05) is 6.42 Å². The Labute approximate surface area is 210 Å². The molecule has 1 fully saturated rings. The molecule has 1 aliphatic rings. The van der Waals surface area contributed by atoms with Gasteiger partial charge >= 0.3 is 6.09 Å². The largest absolute Gasteiger partial charge is 0.443 e. The van der Waals surface area contributed by atoms with E-state index >= 15 is 0 Å². The number of carbonyl (C=O) groups is 2. The lowest BCUT2D eigenvalue weighted by molar-refractivity contribution is -0.138. The fourth-order valence-corrected chi connectivity index (χ4v) is 9.59. The molecule has 3 rings (SSSR count). The van der Waals surface area contributed by atoms with Crippen molar-refractivity contribution in [1.82, 2.24) is 4.90 Å². The number of nitrogens with zero attached hydrogens (tertiary/aromatic N) is 1. The van der Waals surface area contributed by atoms with E-state index in [1.807, 2.05) is 36.4 Å². The maximum atomic E-state index is 13.1. The van der Waals surface area contributed by atoms with Crippen LogP contribution in [-0.4, -0.2) is 50.0 Å². The summed E-state index contributed by atoms with van der Waals surface area (Å²) in [4.78, 5) is 27.5. The molecule has 0 aliphatic carbocycles. The summed E-state index contributed by atoms with van der Waals surface area (Å²) in [5, 5.41) is 2.10. The molecule has 35 heavy (non-hydrogen) atoms. The van der Waals surface area contributed by atoms with Crippen molar-refractivity contribution in [2.45, 2.75) is 71.1 Å². The highest BCUT2D eigenvalue weighted by Gasteiger charge is 2.51. The number of piperidine rings is 1. The first kappa shape index (κ1) is 27.1. The van der Waals surface area contributed by atoms with Gasteiger partial charge in [-0.1, -0.05) is 81.4 Å². The molecule has 2 aromatic carbocycles. The Morgan fingerprint density at radius 3 is 1.91 bits per heavy atom. The molecular formula is C28H40N2O4Si. The molecule has 0 unspecified atom stereocenters. The molecule has 0 radical (unpaired) electrons. The van der Waals surface area contributed by atoms with Crippen LogP contribution in [0.4, 0.5) is 4.79 Å². The number of ether oxygens (including phenoxy) is 1. The minimum atomic E-state index is -2.82. The molecule has 0 bridgehead atoms. The van der Waals surface area contributed by atoms with Crippen LogP contribution in [-0.2, 0) is 14.0 Å². The summed E-state index contributed by atoms with van der Waals surface area (Å²) >= 11 is 0. The third-order valence-corrected chi connectivity index (χ3v) is 11.5. The zero-order valence-electron chi connectivity index (χ0n) is 21.9. The summed E-state index contributed by atoms with van der Waals surface area (Å²) in [7, 11) is -2.82. The van der Waals surface area contributed by atoms with Gasteiger partial charge in [-0.3, -0.25) is 4.79 Å². The summed E-state index contributed by atoms with van der Waals surface area (Å²) in [6.07, 6.45) is 0.222. The topological polar surface area (TPSA) is 81.9 Å². The van der Waals surface area contributed by atoms with E-state index in [0.29, 0.717) is 13.0 Å². The Bertz CT molecular complexity index is 960. The smallest absolute Gasteiger partial charge is 0.417 e. The van der Waals surface area contributed by atoms with Crippen molar-refractivity contribution < 1.29 is 18.8 Å². The van der Waals surface area contributed by atoms with Crippen LogP contribution < -0.4 is 16.1 Å². The monoisotopic (exact) mass is 496 g/mol. The fourth-order valence-electron chi connectivity index (χ4n) is 4.99. The first-order valence-corrected chi connectivity index (χ1v) is 14.3. The molecule has 0 saturated carbocycles. The van der Waals surface area contributed by atoms with Crippen LogP contribution in [0, 0.1) is 5.92 Å². The molecule has 0 spiro atoms. The maximum absolute atomic E-state index is 13.1. The highest BCUT2D eigenvalue weighted by molar-refractivity contribution is 6.99. The van der Waals surface area contributed by atoms with Gasteiger partial charge in [-0.25, -0.2) is 9.69 Å². The zero-order chi connectivity index (χ0) is 25.9. The molecule has 2 amide bonds. The molecule has 6 nitrogen and oxygen atoms in total. The van der Waals surface area contributed by atoms with E-state index in [-0.39, 0.29) is 29.9 Å². The minimum absolute atomic E-state index is 0.00828. The van der Waals surface area contributed by atoms with Crippen molar-refractivity contribution >= 4 is 30.7 Å². The third kappa shape index (κ3) is 6.02. The Kier molecular flexibility index (Phi) is 8.24. The second kappa shape index (κ2) is 10.6. The van der Waals surface area contributed by atoms with E-state index in [4.69, 9.17) is 14.9 Å². The number of imide groups is 1. The van der Waals surface area contributed by atoms with Crippen molar-refractivity contribution in [3.63, 3.8) is 0 Å². The van der Waals surface area contributed by atoms with E-state index < -0.39 is 26.1 Å². The predicted octanol–water partition coefficient (Wildman–Crippen LogP) is 4.06. The van der Waals surface area contributed by atoms with Gasteiger partial charge in [-0.15, -0.1) is 0 Å². The third-order valence-electron chi connectivity index (χ3n) is 6.54. The van der Waals surface area contributed by atoms with Crippen molar-refractivity contribution in [3.8, 4) is 0 Å². The fraction of sp³-hybridized carbons (Fsp3) is 0.500. The number of hydrogen-bond acceptors (Lipinski definition) is 5. The lowest BCUT2D eigenvalue weighted by Gasteiger charge is -2.45. The summed E-state index contributed by atoms with van der Waals surface area (Å²) < 4.78 is 12.7. The van der Waals surface area contributed by atoms with Gasteiger partial charge in [0.15, 0.2) is 0 Å². The van der Waals surface area contributed by atoms with Crippen LogP contribution in [0.5, 0.6) is 0 Å². The van der Waals surface area contributed by atoms with Crippen LogP contribution in [0.1, 0.15) is 54.4 Å². The highest BCUT2D eigenvalue weighted by Crippen LogP contribution is 2.37. The van der Waals surface area contributed by atoms with Crippen LogP contribution in [0.2, 0.25) is 5.04 Å². The minimum Gasteiger partial charge on any atom is -0.443 e. The van der Waals surface area contributed by atoms with E-state index in [2.05, 4.69) is 45.0 Å². The lowest BCUT2D eigenvalue weighted by atomic mass is 9.91. The van der Waals surface area contributed by atoms with Crippen molar-refractivity contribution in [2.24, 2.45) is 11.7 Å². The maximum Gasteiger partial charge on any atom is 0.417 e. The summed E-state index contributed by atoms with van der Waals surface area (Å²) in [6, 6.07) is 20.2. The average molecular weight is 497 g/mol. The number of rotatable bonds is 6.